The maximum Gasteiger partial charge on any atom is 0.139 e. The zero-order valence-electron chi connectivity index (χ0n) is 17.8. The lowest BCUT2D eigenvalue weighted by Crippen LogP contribution is -2.36. The molecule has 0 spiro atoms. The highest BCUT2D eigenvalue weighted by Crippen LogP contribution is 2.43. The zero-order chi connectivity index (χ0) is 20.7. The molecule has 0 bridgehead atoms. The van der Waals surface area contributed by atoms with E-state index < -0.39 is 0 Å². The molecular formula is C24H28N4OS. The van der Waals surface area contributed by atoms with Gasteiger partial charge in [-0.25, -0.2) is 9.97 Å². The Hall–Kier alpha value is -2.44. The van der Waals surface area contributed by atoms with Crippen LogP contribution in [0.4, 0.5) is 5.82 Å². The van der Waals surface area contributed by atoms with Gasteiger partial charge in [-0.3, -0.25) is 0 Å². The number of fused-ring (bicyclic) bond motifs is 2. The molecule has 4 aromatic rings. The van der Waals surface area contributed by atoms with Gasteiger partial charge in [-0.1, -0.05) is 25.1 Å². The molecule has 30 heavy (non-hydrogen) atoms. The lowest BCUT2D eigenvalue weighted by molar-refractivity contribution is 0.221. The van der Waals surface area contributed by atoms with E-state index in [9.17, 15) is 0 Å². The summed E-state index contributed by atoms with van der Waals surface area (Å²) < 4.78 is 6.27. The Balaban J connectivity index is 1.54. The summed E-state index contributed by atoms with van der Waals surface area (Å²) in [5.74, 6) is 1.85. The smallest absolute Gasteiger partial charge is 0.139 e. The maximum atomic E-state index is 6.27. The van der Waals surface area contributed by atoms with Crippen molar-refractivity contribution in [1.29, 1.82) is 0 Å². The van der Waals surface area contributed by atoms with Crippen LogP contribution in [0.5, 0.6) is 0 Å². The number of hydrogen-bond donors (Lipinski definition) is 1. The van der Waals surface area contributed by atoms with Gasteiger partial charge in [0, 0.05) is 27.9 Å². The number of hydrogen-bond acceptors (Lipinski definition) is 6. The third kappa shape index (κ3) is 3.48. The summed E-state index contributed by atoms with van der Waals surface area (Å²) in [6, 6.07) is 11.5. The van der Waals surface area contributed by atoms with Crippen LogP contribution in [0.3, 0.4) is 0 Å². The molecule has 5 nitrogen and oxygen atoms in total. The summed E-state index contributed by atoms with van der Waals surface area (Å²) in [6.07, 6.45) is 7.41. The van der Waals surface area contributed by atoms with Crippen molar-refractivity contribution in [2.45, 2.75) is 51.1 Å². The fourth-order valence-electron chi connectivity index (χ4n) is 4.63. The van der Waals surface area contributed by atoms with E-state index >= 15 is 0 Å². The van der Waals surface area contributed by atoms with E-state index in [1.54, 1.807) is 17.7 Å². The van der Waals surface area contributed by atoms with Crippen LogP contribution in [0.25, 0.3) is 32.5 Å². The van der Waals surface area contributed by atoms with Gasteiger partial charge in [0.25, 0.3) is 0 Å². The number of nitrogens with one attached hydrogen (secondary N) is 1. The van der Waals surface area contributed by atoms with Gasteiger partial charge in [-0.05, 0) is 58.3 Å². The predicted octanol–water partition coefficient (Wildman–Crippen LogP) is 5.95. The van der Waals surface area contributed by atoms with Crippen LogP contribution in [-0.4, -0.2) is 41.0 Å². The van der Waals surface area contributed by atoms with Crippen molar-refractivity contribution >= 4 is 38.3 Å². The van der Waals surface area contributed by atoms with Crippen LogP contribution in [0, 0.1) is 0 Å². The summed E-state index contributed by atoms with van der Waals surface area (Å²) in [7, 11) is 4.37. The van der Waals surface area contributed by atoms with Crippen LogP contribution < -0.4 is 5.32 Å². The molecule has 0 aliphatic heterocycles. The van der Waals surface area contributed by atoms with Gasteiger partial charge < -0.3 is 14.6 Å². The number of thiophene rings is 1. The minimum absolute atomic E-state index is 0.452. The molecule has 3 heterocycles. The molecule has 1 aliphatic carbocycles. The molecule has 0 saturated heterocycles. The Kier molecular flexibility index (Phi) is 5.21. The van der Waals surface area contributed by atoms with Crippen molar-refractivity contribution < 1.29 is 4.42 Å². The Morgan fingerprint density at radius 3 is 2.67 bits per heavy atom. The molecule has 6 heteroatoms. The third-order valence-corrected chi connectivity index (χ3v) is 7.56. The molecule has 0 unspecified atom stereocenters. The Labute approximate surface area is 181 Å². The van der Waals surface area contributed by atoms with E-state index in [1.807, 2.05) is 18.2 Å². The molecule has 0 atom stereocenters. The lowest BCUT2D eigenvalue weighted by Gasteiger charge is -2.33. The van der Waals surface area contributed by atoms with Gasteiger partial charge in [0.1, 0.15) is 28.3 Å². The summed E-state index contributed by atoms with van der Waals surface area (Å²) in [6.45, 7) is 2.19. The first-order valence-corrected chi connectivity index (χ1v) is 11.6. The second-order valence-electron chi connectivity index (χ2n) is 8.42. The van der Waals surface area contributed by atoms with Gasteiger partial charge >= 0.3 is 0 Å². The fraction of sp³-hybridized carbons (Fsp3) is 0.417. The molecular weight excluding hydrogens is 392 g/mol. The third-order valence-electron chi connectivity index (χ3n) is 6.32. The van der Waals surface area contributed by atoms with E-state index in [0.717, 1.165) is 44.7 Å². The summed E-state index contributed by atoms with van der Waals surface area (Å²) >= 11 is 1.75. The van der Waals surface area contributed by atoms with Gasteiger partial charge in [-0.2, -0.15) is 0 Å². The zero-order valence-corrected chi connectivity index (χ0v) is 18.6. The van der Waals surface area contributed by atoms with E-state index in [2.05, 4.69) is 53.3 Å². The number of aryl methyl sites for hydroxylation is 1. The van der Waals surface area contributed by atoms with Crippen molar-refractivity contribution in [2.24, 2.45) is 0 Å². The maximum absolute atomic E-state index is 6.27. The van der Waals surface area contributed by atoms with Crippen LogP contribution in [0.1, 0.15) is 37.5 Å². The largest absolute Gasteiger partial charge is 0.456 e. The Morgan fingerprint density at radius 1 is 1.13 bits per heavy atom. The van der Waals surface area contributed by atoms with Crippen molar-refractivity contribution in [3.8, 4) is 11.3 Å². The lowest BCUT2D eigenvalue weighted by atomic mass is 9.90. The summed E-state index contributed by atoms with van der Waals surface area (Å²) in [5.41, 5.74) is 2.07. The van der Waals surface area contributed by atoms with Crippen LogP contribution in [-0.2, 0) is 6.42 Å². The minimum Gasteiger partial charge on any atom is -0.456 e. The average Bonchev–Trinajstić information content (AvgIpc) is 3.35. The molecule has 1 aromatic carbocycles. The quantitative estimate of drug-likeness (QED) is 0.432. The number of furan rings is 1. The van der Waals surface area contributed by atoms with E-state index in [-0.39, 0.29) is 0 Å². The molecule has 3 aromatic heterocycles. The Morgan fingerprint density at radius 2 is 1.93 bits per heavy atom. The van der Waals surface area contributed by atoms with Gasteiger partial charge in [0.05, 0.1) is 5.39 Å². The number of para-hydroxylation sites is 1. The topological polar surface area (TPSA) is 54.2 Å². The summed E-state index contributed by atoms with van der Waals surface area (Å²) in [4.78, 5) is 14.0. The number of aromatic nitrogens is 2. The molecule has 1 aliphatic rings. The van der Waals surface area contributed by atoms with E-state index in [0.29, 0.717) is 12.1 Å². The monoisotopic (exact) mass is 420 g/mol. The second kappa shape index (κ2) is 8.00. The van der Waals surface area contributed by atoms with Crippen LogP contribution >= 0.6 is 11.3 Å². The normalized spacial score (nSPS) is 19.7. The highest BCUT2D eigenvalue weighted by Gasteiger charge is 2.25. The van der Waals surface area contributed by atoms with Crippen molar-refractivity contribution in [1.82, 2.24) is 14.9 Å². The second-order valence-corrected chi connectivity index (χ2v) is 9.50. The SMILES string of the molecule is CCc1sc2ncnc(N[C@H]3CC[C@H](N(C)C)CC3)c2c1-c1cc2ccccc2o1. The first-order valence-electron chi connectivity index (χ1n) is 10.8. The average molecular weight is 421 g/mol. The first kappa shape index (κ1) is 19.5. The molecule has 1 saturated carbocycles. The molecule has 0 radical (unpaired) electrons. The minimum atomic E-state index is 0.452. The number of nitrogens with zero attached hydrogens (tertiary/aromatic N) is 3. The highest BCUT2D eigenvalue weighted by molar-refractivity contribution is 7.19. The van der Waals surface area contributed by atoms with Crippen LogP contribution in [0.15, 0.2) is 41.1 Å². The van der Waals surface area contributed by atoms with Crippen molar-refractivity contribution in [3.63, 3.8) is 0 Å². The van der Waals surface area contributed by atoms with Gasteiger partial charge in [0.2, 0.25) is 0 Å². The van der Waals surface area contributed by atoms with Crippen LogP contribution in [0.2, 0.25) is 0 Å². The fourth-order valence-corrected chi connectivity index (χ4v) is 5.72. The molecule has 1 N–H and O–H groups in total. The van der Waals surface area contributed by atoms with Crippen molar-refractivity contribution in [3.05, 3.63) is 41.5 Å². The molecule has 5 rings (SSSR count). The van der Waals surface area contributed by atoms with Gasteiger partial charge in [0.15, 0.2) is 0 Å². The predicted molar refractivity (Wildman–Crippen MR) is 125 cm³/mol. The first-order chi connectivity index (χ1) is 14.6. The molecule has 0 amide bonds. The van der Waals surface area contributed by atoms with E-state index in [4.69, 9.17) is 4.42 Å². The van der Waals surface area contributed by atoms with Gasteiger partial charge in [-0.15, -0.1) is 11.3 Å². The number of anilines is 1. The number of benzene rings is 1. The molecule has 1 fully saturated rings. The number of rotatable bonds is 5. The van der Waals surface area contributed by atoms with E-state index in [1.165, 1.54) is 30.6 Å². The summed E-state index contributed by atoms with van der Waals surface area (Å²) in [5, 5.41) is 5.99. The standard InChI is InChI=1S/C24H28N4OS/c1-4-20-21(19-13-15-7-5-6-8-18(15)29-19)22-23(25-14-26-24(22)30-20)27-16-9-11-17(12-10-16)28(2)3/h5-8,13-14,16-17H,4,9-12H2,1-3H3,(H,25,26,27)/t16-,17-. The Bertz CT molecular complexity index is 1140. The van der Waals surface area contributed by atoms with Crippen molar-refractivity contribution in [2.75, 3.05) is 19.4 Å². The molecule has 156 valence electrons. The highest BCUT2D eigenvalue weighted by atomic mass is 32.1.